The predicted octanol–water partition coefficient (Wildman–Crippen LogP) is 4.99. The highest BCUT2D eigenvalue weighted by Crippen LogP contribution is 2.30. The van der Waals surface area contributed by atoms with Crippen LogP contribution in [0.2, 0.25) is 0 Å². The number of esters is 1. The van der Waals surface area contributed by atoms with E-state index in [4.69, 9.17) is 9.88 Å². The zero-order valence-corrected chi connectivity index (χ0v) is 18.5. The molecular weight excluding hydrogens is 410 g/mol. The van der Waals surface area contributed by atoms with Crippen molar-refractivity contribution in [1.82, 2.24) is 0 Å². The molecule has 0 atom stereocenters. The highest BCUT2D eigenvalue weighted by molar-refractivity contribution is 7.92. The molecule has 0 aromatic heterocycles. The van der Waals surface area contributed by atoms with Crippen LogP contribution in [-0.2, 0) is 14.8 Å². The SMILES string of the molecule is CC(C)(C)OC(=O)c1ccccc1/C(=C/S(N)(=O)=O)c1ccc(-c2ccccc2)cc1. The Morgan fingerprint density at radius 2 is 1.32 bits per heavy atom. The van der Waals surface area contributed by atoms with E-state index in [-0.39, 0.29) is 5.56 Å². The summed E-state index contributed by atoms with van der Waals surface area (Å²) < 4.78 is 29.5. The molecule has 0 heterocycles. The van der Waals surface area contributed by atoms with Crippen molar-refractivity contribution in [3.8, 4) is 11.1 Å². The summed E-state index contributed by atoms with van der Waals surface area (Å²) in [6, 6.07) is 24.0. The minimum Gasteiger partial charge on any atom is -0.456 e. The Morgan fingerprint density at radius 3 is 1.87 bits per heavy atom. The van der Waals surface area contributed by atoms with Crippen molar-refractivity contribution in [1.29, 1.82) is 0 Å². The molecule has 3 aromatic rings. The van der Waals surface area contributed by atoms with Crippen LogP contribution in [0.15, 0.2) is 84.3 Å². The normalized spacial score (nSPS) is 12.5. The number of rotatable bonds is 5. The van der Waals surface area contributed by atoms with E-state index < -0.39 is 21.6 Å². The number of primary sulfonamides is 1. The quantitative estimate of drug-likeness (QED) is 0.572. The van der Waals surface area contributed by atoms with Crippen LogP contribution >= 0.6 is 0 Å². The second-order valence-electron chi connectivity index (χ2n) is 8.11. The fourth-order valence-electron chi connectivity index (χ4n) is 3.15. The van der Waals surface area contributed by atoms with Crippen molar-refractivity contribution >= 4 is 21.6 Å². The average molecular weight is 436 g/mol. The third kappa shape index (κ3) is 6.13. The van der Waals surface area contributed by atoms with Crippen molar-refractivity contribution in [2.24, 2.45) is 5.14 Å². The molecule has 0 unspecified atom stereocenters. The summed E-state index contributed by atoms with van der Waals surface area (Å²) >= 11 is 0. The van der Waals surface area contributed by atoms with Crippen molar-refractivity contribution < 1.29 is 17.9 Å². The first kappa shape index (κ1) is 22.5. The van der Waals surface area contributed by atoms with Gasteiger partial charge in [-0.15, -0.1) is 0 Å². The monoisotopic (exact) mass is 435 g/mol. The Bertz CT molecular complexity index is 1210. The Morgan fingerprint density at radius 1 is 0.806 bits per heavy atom. The zero-order valence-electron chi connectivity index (χ0n) is 17.7. The average Bonchev–Trinajstić information content (AvgIpc) is 2.71. The molecule has 0 saturated heterocycles. The van der Waals surface area contributed by atoms with Crippen LogP contribution in [-0.4, -0.2) is 20.0 Å². The summed E-state index contributed by atoms with van der Waals surface area (Å²) in [5, 5.41) is 6.32. The van der Waals surface area contributed by atoms with E-state index in [1.54, 1.807) is 45.0 Å². The Labute approximate surface area is 183 Å². The van der Waals surface area contributed by atoms with Gasteiger partial charge in [0.25, 0.3) is 0 Å². The molecule has 0 aliphatic heterocycles. The molecule has 160 valence electrons. The van der Waals surface area contributed by atoms with Gasteiger partial charge in [-0.2, -0.15) is 0 Å². The lowest BCUT2D eigenvalue weighted by Crippen LogP contribution is -2.24. The molecule has 0 bridgehead atoms. The summed E-state index contributed by atoms with van der Waals surface area (Å²) in [6.07, 6.45) is 0. The predicted molar refractivity (Wildman–Crippen MR) is 124 cm³/mol. The number of ether oxygens (including phenoxy) is 1. The van der Waals surface area contributed by atoms with Crippen molar-refractivity contribution in [3.63, 3.8) is 0 Å². The lowest BCUT2D eigenvalue weighted by atomic mass is 9.93. The summed E-state index contributed by atoms with van der Waals surface area (Å²) in [5.41, 5.74) is 2.97. The third-order valence-electron chi connectivity index (χ3n) is 4.42. The van der Waals surface area contributed by atoms with E-state index in [9.17, 15) is 13.2 Å². The molecular formula is C25H25NO4S. The van der Waals surface area contributed by atoms with E-state index in [1.807, 2.05) is 54.6 Å². The van der Waals surface area contributed by atoms with Crippen molar-refractivity contribution in [2.75, 3.05) is 0 Å². The summed E-state index contributed by atoms with van der Waals surface area (Å²) in [7, 11) is -3.97. The maximum Gasteiger partial charge on any atom is 0.339 e. The maximum absolute atomic E-state index is 12.8. The molecule has 0 fully saturated rings. The van der Waals surface area contributed by atoms with Gasteiger partial charge in [0.15, 0.2) is 0 Å². The van der Waals surface area contributed by atoms with E-state index in [0.717, 1.165) is 16.5 Å². The van der Waals surface area contributed by atoms with Crippen LogP contribution in [0.3, 0.4) is 0 Å². The number of nitrogens with two attached hydrogens (primary N) is 1. The molecule has 0 aliphatic carbocycles. The highest BCUT2D eigenvalue weighted by atomic mass is 32.2. The molecule has 6 heteroatoms. The van der Waals surface area contributed by atoms with E-state index in [0.29, 0.717) is 16.7 Å². The zero-order chi connectivity index (χ0) is 22.6. The third-order valence-corrected chi connectivity index (χ3v) is 4.99. The second-order valence-corrected chi connectivity index (χ2v) is 9.53. The van der Waals surface area contributed by atoms with Crippen molar-refractivity contribution in [3.05, 3.63) is 101 Å². The van der Waals surface area contributed by atoms with Crippen LogP contribution < -0.4 is 5.14 Å². The fraction of sp³-hybridized carbons (Fsp3) is 0.160. The smallest absolute Gasteiger partial charge is 0.339 e. The van der Waals surface area contributed by atoms with Gasteiger partial charge in [-0.05, 0) is 49.1 Å². The number of sulfonamides is 1. The van der Waals surface area contributed by atoms with Crippen LogP contribution in [0.5, 0.6) is 0 Å². The van der Waals surface area contributed by atoms with Gasteiger partial charge in [0.2, 0.25) is 10.0 Å². The van der Waals surface area contributed by atoms with Gasteiger partial charge < -0.3 is 4.74 Å². The molecule has 0 amide bonds. The fourth-order valence-corrected chi connectivity index (χ4v) is 3.74. The largest absolute Gasteiger partial charge is 0.456 e. The maximum atomic E-state index is 12.8. The number of benzene rings is 3. The van der Waals surface area contributed by atoms with Crippen LogP contribution in [0.25, 0.3) is 16.7 Å². The van der Waals surface area contributed by atoms with Gasteiger partial charge >= 0.3 is 5.97 Å². The molecule has 0 aliphatic rings. The molecule has 3 aromatic carbocycles. The minimum atomic E-state index is -3.97. The number of carbonyl (C=O) groups is 1. The van der Waals surface area contributed by atoms with Crippen LogP contribution in [0.1, 0.15) is 42.3 Å². The van der Waals surface area contributed by atoms with Gasteiger partial charge in [0, 0.05) is 5.57 Å². The Hall–Kier alpha value is -3.22. The molecule has 0 radical (unpaired) electrons. The van der Waals surface area contributed by atoms with Crippen molar-refractivity contribution in [2.45, 2.75) is 26.4 Å². The summed E-state index contributed by atoms with van der Waals surface area (Å²) in [5.74, 6) is -0.538. The number of hydrogen-bond donors (Lipinski definition) is 1. The van der Waals surface area contributed by atoms with Gasteiger partial charge in [-0.25, -0.2) is 18.4 Å². The Kier molecular flexibility index (Phi) is 6.43. The molecule has 0 saturated carbocycles. The van der Waals surface area contributed by atoms with Gasteiger partial charge in [-0.1, -0.05) is 72.8 Å². The lowest BCUT2D eigenvalue weighted by Gasteiger charge is -2.21. The van der Waals surface area contributed by atoms with Gasteiger partial charge in [0.1, 0.15) is 5.60 Å². The topological polar surface area (TPSA) is 86.5 Å². The first-order valence-electron chi connectivity index (χ1n) is 9.77. The van der Waals surface area contributed by atoms with Crippen LogP contribution in [0.4, 0.5) is 0 Å². The summed E-state index contributed by atoms with van der Waals surface area (Å²) in [4.78, 5) is 12.8. The molecule has 0 spiro atoms. The molecule has 5 nitrogen and oxygen atoms in total. The summed E-state index contributed by atoms with van der Waals surface area (Å²) in [6.45, 7) is 5.32. The number of carbonyl (C=O) groups excluding carboxylic acids is 1. The van der Waals surface area contributed by atoms with E-state index in [1.165, 1.54) is 0 Å². The second kappa shape index (κ2) is 8.88. The molecule has 3 rings (SSSR count). The van der Waals surface area contributed by atoms with E-state index >= 15 is 0 Å². The van der Waals surface area contributed by atoms with Gasteiger partial charge in [-0.3, -0.25) is 0 Å². The molecule has 2 N–H and O–H groups in total. The van der Waals surface area contributed by atoms with Crippen LogP contribution in [0, 0.1) is 0 Å². The highest BCUT2D eigenvalue weighted by Gasteiger charge is 2.22. The van der Waals surface area contributed by atoms with Gasteiger partial charge in [0.05, 0.1) is 11.0 Å². The lowest BCUT2D eigenvalue weighted by molar-refractivity contribution is 0.00692. The van der Waals surface area contributed by atoms with E-state index in [2.05, 4.69) is 0 Å². The first-order chi connectivity index (χ1) is 14.5. The minimum absolute atomic E-state index is 0.263. The number of hydrogen-bond acceptors (Lipinski definition) is 4. The Balaban J connectivity index is 2.11. The molecule has 31 heavy (non-hydrogen) atoms. The first-order valence-corrected chi connectivity index (χ1v) is 11.4. The standard InChI is InChI=1S/C25H25NO4S/c1-25(2,3)30-24(27)22-12-8-7-11-21(22)23(17-31(26,28)29)20-15-13-19(14-16-20)18-9-5-4-6-10-18/h4-17H,1-3H3,(H2,26,28,29)/b23-17+.